The fourth-order valence-corrected chi connectivity index (χ4v) is 4.66. The van der Waals surface area contributed by atoms with Crippen LogP contribution in [0.3, 0.4) is 0 Å². The summed E-state index contributed by atoms with van der Waals surface area (Å²) in [6.45, 7) is 6.67. The predicted octanol–water partition coefficient (Wildman–Crippen LogP) is 0.989. The Morgan fingerprint density at radius 2 is 1.71 bits per heavy atom. The first-order valence-corrected chi connectivity index (χ1v) is 13.1. The fraction of sp³-hybridized carbons (Fsp3) is 0.652. The Kier molecular flexibility index (Phi) is 9.62. The molecule has 0 aliphatic carbocycles. The average Bonchev–Trinajstić information content (AvgIpc) is 3.33. The van der Waals surface area contributed by atoms with Gasteiger partial charge in [-0.2, -0.15) is 9.97 Å². The van der Waals surface area contributed by atoms with Crippen molar-refractivity contribution in [3.05, 3.63) is 9.67 Å². The lowest BCUT2D eigenvalue weighted by Gasteiger charge is -2.25. The Labute approximate surface area is 222 Å². The fourth-order valence-electron chi connectivity index (χ4n) is 3.83. The summed E-state index contributed by atoms with van der Waals surface area (Å²) < 4.78 is 23.8. The Morgan fingerprint density at radius 1 is 1.11 bits per heavy atom. The third-order valence-corrected chi connectivity index (χ3v) is 6.77. The van der Waals surface area contributed by atoms with Gasteiger partial charge in [-0.3, -0.25) is 23.7 Å². The zero-order valence-corrected chi connectivity index (χ0v) is 22.4. The molecule has 3 rings (SSSR count). The molecule has 14 nitrogen and oxygen atoms in total. The number of hydrogen-bond donors (Lipinski definition) is 3. The van der Waals surface area contributed by atoms with Crippen molar-refractivity contribution >= 4 is 45.5 Å². The number of aromatic hydroxyl groups is 1. The zero-order chi connectivity index (χ0) is 28.1. The highest BCUT2D eigenvalue weighted by Gasteiger charge is 2.52. The van der Waals surface area contributed by atoms with Crippen LogP contribution in [-0.4, -0.2) is 68.5 Å². The minimum atomic E-state index is -1.35. The zero-order valence-electron chi connectivity index (χ0n) is 21.6. The number of anilines is 1. The number of esters is 3. The second-order valence-corrected chi connectivity index (χ2v) is 10.1. The second kappa shape index (κ2) is 12.5. The van der Waals surface area contributed by atoms with E-state index in [4.69, 9.17) is 30.4 Å². The highest BCUT2D eigenvalue weighted by atomic mass is 32.1. The molecular weight excluding hydrogens is 522 g/mol. The molecular formula is C23H33N5O9S. The van der Waals surface area contributed by atoms with Gasteiger partial charge in [0.15, 0.2) is 24.1 Å². The molecule has 5 N–H and O–H groups in total. The number of nitrogens with two attached hydrogens (primary N) is 2. The molecule has 2 aromatic heterocycles. The molecule has 0 spiro atoms. The Morgan fingerprint density at radius 3 is 2.29 bits per heavy atom. The van der Waals surface area contributed by atoms with Crippen LogP contribution in [0.5, 0.6) is 5.88 Å². The van der Waals surface area contributed by atoms with Gasteiger partial charge in [-0.05, 0) is 18.8 Å². The second-order valence-electron chi connectivity index (χ2n) is 9.17. The Bertz CT molecular complexity index is 1230. The molecule has 0 aromatic carbocycles. The van der Waals surface area contributed by atoms with E-state index >= 15 is 0 Å². The summed E-state index contributed by atoms with van der Waals surface area (Å²) in [7, 11) is 0. The predicted molar refractivity (Wildman–Crippen MR) is 135 cm³/mol. The van der Waals surface area contributed by atoms with E-state index in [0.29, 0.717) is 24.2 Å². The number of carbonyl (C=O) groups excluding carboxylic acids is 3. The minimum Gasteiger partial charge on any atom is -0.492 e. The highest BCUT2D eigenvalue weighted by Crippen LogP contribution is 2.37. The summed E-state index contributed by atoms with van der Waals surface area (Å²) in [4.78, 5) is 57.6. The summed E-state index contributed by atoms with van der Waals surface area (Å²) in [5.74, 6) is -2.93. The first kappa shape index (κ1) is 29.3. The number of fused-ring (bicyclic) bond motifs is 1. The summed E-state index contributed by atoms with van der Waals surface area (Å²) >= 11 is 0.629. The van der Waals surface area contributed by atoms with E-state index in [1.165, 1.54) is 0 Å². The van der Waals surface area contributed by atoms with Gasteiger partial charge < -0.3 is 35.5 Å². The van der Waals surface area contributed by atoms with Gasteiger partial charge in [-0.1, -0.05) is 39.0 Å². The van der Waals surface area contributed by atoms with Crippen molar-refractivity contribution in [2.45, 2.75) is 84.0 Å². The maximum absolute atomic E-state index is 13.0. The number of thiazole rings is 1. The van der Waals surface area contributed by atoms with Crippen molar-refractivity contribution in [2.24, 2.45) is 11.7 Å². The van der Waals surface area contributed by atoms with E-state index in [0.717, 1.165) is 4.57 Å². The van der Waals surface area contributed by atoms with E-state index in [1.54, 1.807) is 27.7 Å². The van der Waals surface area contributed by atoms with E-state index < -0.39 is 65.8 Å². The Balaban J connectivity index is 2.06. The van der Waals surface area contributed by atoms with Crippen LogP contribution in [0, 0.1) is 5.92 Å². The molecule has 1 aliphatic rings. The lowest BCUT2D eigenvalue weighted by molar-refractivity contribution is -0.169. The van der Waals surface area contributed by atoms with Crippen LogP contribution in [0.1, 0.15) is 59.6 Å². The van der Waals surface area contributed by atoms with Crippen molar-refractivity contribution in [1.29, 1.82) is 0 Å². The van der Waals surface area contributed by atoms with Gasteiger partial charge in [0.2, 0.25) is 11.8 Å². The molecule has 38 heavy (non-hydrogen) atoms. The monoisotopic (exact) mass is 555 g/mol. The molecule has 0 amide bonds. The van der Waals surface area contributed by atoms with Crippen LogP contribution in [0.25, 0.3) is 10.3 Å². The number of nitrogens with zero attached hydrogens (tertiary/aromatic N) is 3. The number of hydrogen-bond acceptors (Lipinski definition) is 14. The van der Waals surface area contributed by atoms with Gasteiger partial charge in [0.05, 0.1) is 0 Å². The molecule has 0 bridgehead atoms. The molecule has 1 saturated heterocycles. The van der Waals surface area contributed by atoms with Gasteiger partial charge in [0.25, 0.3) is 0 Å². The highest BCUT2D eigenvalue weighted by molar-refractivity contribution is 7.16. The Hall–Kier alpha value is -3.30. The number of carbonyl (C=O) groups is 3. The third-order valence-electron chi connectivity index (χ3n) is 5.82. The van der Waals surface area contributed by atoms with Crippen molar-refractivity contribution in [3.63, 3.8) is 0 Å². The lowest BCUT2D eigenvalue weighted by Crippen LogP contribution is -2.43. The van der Waals surface area contributed by atoms with Crippen molar-refractivity contribution < 1.29 is 38.4 Å². The first-order valence-electron chi connectivity index (χ1n) is 12.3. The number of aromatic nitrogens is 3. The largest absolute Gasteiger partial charge is 0.492 e. The molecule has 1 aliphatic heterocycles. The average molecular weight is 556 g/mol. The maximum Gasteiger partial charge on any atom is 0.323 e. The molecule has 5 atom stereocenters. The van der Waals surface area contributed by atoms with Gasteiger partial charge >= 0.3 is 22.8 Å². The van der Waals surface area contributed by atoms with Crippen LogP contribution in [0.4, 0.5) is 5.95 Å². The first-order chi connectivity index (χ1) is 18.0. The van der Waals surface area contributed by atoms with E-state index in [2.05, 4.69) is 9.97 Å². The van der Waals surface area contributed by atoms with Crippen molar-refractivity contribution in [3.8, 4) is 5.88 Å². The van der Waals surface area contributed by atoms with E-state index in [-0.39, 0.29) is 35.1 Å². The molecule has 210 valence electrons. The molecule has 0 radical (unpaired) electrons. The maximum atomic E-state index is 13.0. The quantitative estimate of drug-likeness (QED) is 0.261. The standard InChI is InChI=1S/C23H33N5O9S/c1-5-7-12(29)36-15-11(9-34-21(32)14(24)10(3)4)35-20(16(15)37-13(30)8-6-2)28-18-17(38-23(28)33)19(31)27-22(25)26-18/h10-11,14-16,20H,5-9,24H2,1-4H3,(H3,25,26,27,31)/t11-,14+,15-,16-,20-/m1/s1. The minimum absolute atomic E-state index is 0.0312. The topological polar surface area (TPSA) is 208 Å². The normalized spacial score (nSPS) is 21.9. The van der Waals surface area contributed by atoms with Gasteiger partial charge in [-0.15, -0.1) is 0 Å². The van der Waals surface area contributed by atoms with Crippen LogP contribution in [0.15, 0.2) is 4.79 Å². The SMILES string of the molecule is CCCC(=O)O[C@@H]1[C@H](OC(=O)CCC)[C@@H](COC(=O)[C@@H](N)C(C)C)O[C@H]1n1c(=O)sc2c(O)nc(N)nc21. The summed E-state index contributed by atoms with van der Waals surface area (Å²) in [5.41, 5.74) is 11.5. The summed E-state index contributed by atoms with van der Waals surface area (Å²) in [6, 6.07) is -0.905. The van der Waals surface area contributed by atoms with Gasteiger partial charge in [-0.25, -0.2) is 0 Å². The van der Waals surface area contributed by atoms with Crippen LogP contribution >= 0.6 is 11.3 Å². The number of nitrogen functional groups attached to an aromatic ring is 1. The number of rotatable bonds is 11. The van der Waals surface area contributed by atoms with Crippen LogP contribution in [0.2, 0.25) is 0 Å². The summed E-state index contributed by atoms with van der Waals surface area (Å²) in [5, 5.41) is 10.2. The smallest absolute Gasteiger partial charge is 0.323 e. The van der Waals surface area contributed by atoms with E-state index in [1.807, 2.05) is 0 Å². The molecule has 15 heteroatoms. The molecule has 2 aromatic rings. The third kappa shape index (κ3) is 6.39. The molecule has 3 heterocycles. The molecule has 0 saturated carbocycles. The van der Waals surface area contributed by atoms with E-state index in [9.17, 15) is 24.3 Å². The van der Waals surface area contributed by atoms with Crippen molar-refractivity contribution in [2.75, 3.05) is 12.3 Å². The molecule has 1 fully saturated rings. The lowest BCUT2D eigenvalue weighted by atomic mass is 10.1. The van der Waals surface area contributed by atoms with Crippen molar-refractivity contribution in [1.82, 2.24) is 14.5 Å². The number of ether oxygens (including phenoxy) is 4. The van der Waals surface area contributed by atoms with Gasteiger partial charge in [0.1, 0.15) is 23.5 Å². The summed E-state index contributed by atoms with van der Waals surface area (Å²) in [6.07, 6.45) is -3.94. The van der Waals surface area contributed by atoms with Crippen LogP contribution in [-0.2, 0) is 33.3 Å². The van der Waals surface area contributed by atoms with Crippen LogP contribution < -0.4 is 16.3 Å². The molecule has 0 unspecified atom stereocenters. The van der Waals surface area contributed by atoms with Gasteiger partial charge in [0, 0.05) is 12.8 Å².